The first-order valence-electron chi connectivity index (χ1n) is 10.6. The van der Waals surface area contributed by atoms with Gasteiger partial charge in [0.15, 0.2) is 0 Å². The lowest BCUT2D eigenvalue weighted by atomic mass is 10.0. The number of amides is 1. The van der Waals surface area contributed by atoms with E-state index in [4.69, 9.17) is 0 Å². The summed E-state index contributed by atoms with van der Waals surface area (Å²) < 4.78 is 15.0. The Morgan fingerprint density at radius 2 is 2.13 bits per heavy atom. The minimum atomic E-state index is -0.315. The van der Waals surface area contributed by atoms with Crippen molar-refractivity contribution in [3.05, 3.63) is 59.4 Å². The van der Waals surface area contributed by atoms with Crippen molar-refractivity contribution in [2.24, 2.45) is 0 Å². The van der Waals surface area contributed by atoms with Crippen molar-refractivity contribution in [3.63, 3.8) is 0 Å². The van der Waals surface area contributed by atoms with Crippen LogP contribution < -0.4 is 10.2 Å². The number of benzene rings is 1. The number of piperidine rings is 1. The third kappa shape index (κ3) is 4.79. The van der Waals surface area contributed by atoms with Crippen LogP contribution in [0.4, 0.5) is 4.39 Å². The average molecular weight is 428 g/mol. The first kappa shape index (κ1) is 20.8. The average Bonchev–Trinajstić information content (AvgIpc) is 3.43. The van der Waals surface area contributed by atoms with E-state index in [1.54, 1.807) is 33.1 Å². The van der Waals surface area contributed by atoms with E-state index < -0.39 is 0 Å². The first-order valence-corrected chi connectivity index (χ1v) is 11.5. The van der Waals surface area contributed by atoms with Crippen LogP contribution in [0.1, 0.15) is 43.1 Å². The Bertz CT molecular complexity index is 968. The standard InChI is InChI=1S/C23H27FN4OS/c1-17-6-2-3-13-27(17)14-5-12-25-23(29)21-16-20(22-7-4-15-30-22)26-28(21)19-10-8-18(24)9-11-19/h4,7-11,15-17H,2-3,5-6,12-14H2,1H3,(H,25,29)/p+1/t17-/m0/s1. The van der Waals surface area contributed by atoms with Crippen LogP contribution >= 0.6 is 11.3 Å². The second kappa shape index (κ2) is 9.53. The molecule has 1 fully saturated rings. The smallest absolute Gasteiger partial charge is 0.270 e. The number of hydrogen-bond acceptors (Lipinski definition) is 3. The maximum absolute atomic E-state index is 13.4. The number of carbonyl (C=O) groups is 1. The van der Waals surface area contributed by atoms with Crippen LogP contribution in [0, 0.1) is 5.82 Å². The number of carbonyl (C=O) groups excluding carboxylic acids is 1. The van der Waals surface area contributed by atoms with Crippen LogP contribution in [-0.4, -0.2) is 41.4 Å². The van der Waals surface area contributed by atoms with Gasteiger partial charge in [0.05, 0.1) is 29.7 Å². The Hall–Kier alpha value is -2.51. The van der Waals surface area contributed by atoms with Crippen molar-refractivity contribution < 1.29 is 14.1 Å². The van der Waals surface area contributed by atoms with Gasteiger partial charge in [-0.15, -0.1) is 11.3 Å². The molecule has 2 N–H and O–H groups in total. The quantitative estimate of drug-likeness (QED) is 0.569. The van der Waals surface area contributed by atoms with Crippen LogP contribution in [-0.2, 0) is 0 Å². The Morgan fingerprint density at radius 1 is 1.30 bits per heavy atom. The molecule has 1 saturated heterocycles. The predicted octanol–water partition coefficient (Wildman–Crippen LogP) is 3.32. The van der Waals surface area contributed by atoms with Crippen LogP contribution in [0.15, 0.2) is 47.8 Å². The predicted molar refractivity (Wildman–Crippen MR) is 118 cm³/mol. The van der Waals surface area contributed by atoms with Gasteiger partial charge in [-0.05, 0) is 68.0 Å². The minimum absolute atomic E-state index is 0.156. The monoisotopic (exact) mass is 427 g/mol. The van der Waals surface area contributed by atoms with Gasteiger partial charge in [0.1, 0.15) is 17.2 Å². The molecule has 3 aromatic rings. The highest BCUT2D eigenvalue weighted by atomic mass is 32.1. The number of hydrogen-bond donors (Lipinski definition) is 2. The fourth-order valence-corrected chi connectivity index (χ4v) is 4.78. The fourth-order valence-electron chi connectivity index (χ4n) is 4.10. The molecule has 2 atom stereocenters. The molecule has 0 saturated carbocycles. The summed E-state index contributed by atoms with van der Waals surface area (Å²) in [6, 6.07) is 12.5. The zero-order chi connectivity index (χ0) is 20.9. The van der Waals surface area contributed by atoms with Crippen molar-refractivity contribution in [2.75, 3.05) is 19.6 Å². The number of nitrogens with one attached hydrogen (secondary N) is 2. The summed E-state index contributed by atoms with van der Waals surface area (Å²) in [4.78, 5) is 15.6. The normalized spacial score (nSPS) is 19.0. The molecule has 1 aliphatic rings. The Kier molecular flexibility index (Phi) is 6.59. The summed E-state index contributed by atoms with van der Waals surface area (Å²) in [5, 5.41) is 9.66. The molecular weight excluding hydrogens is 399 g/mol. The van der Waals surface area contributed by atoms with Gasteiger partial charge in [0.25, 0.3) is 5.91 Å². The van der Waals surface area contributed by atoms with Crippen LogP contribution in [0.5, 0.6) is 0 Å². The summed E-state index contributed by atoms with van der Waals surface area (Å²) in [5.41, 5.74) is 1.87. The first-order chi connectivity index (χ1) is 14.6. The van der Waals surface area contributed by atoms with Crippen molar-refractivity contribution in [3.8, 4) is 16.3 Å². The SMILES string of the molecule is C[C@H]1CCCC[NH+]1CCCNC(=O)c1cc(-c2cccs2)nn1-c1ccc(F)cc1. The molecule has 7 heteroatoms. The summed E-state index contributed by atoms with van der Waals surface area (Å²) in [7, 11) is 0. The highest BCUT2D eigenvalue weighted by molar-refractivity contribution is 7.13. The van der Waals surface area contributed by atoms with E-state index in [-0.39, 0.29) is 11.7 Å². The molecule has 5 nitrogen and oxygen atoms in total. The van der Waals surface area contributed by atoms with Crippen molar-refractivity contribution in [2.45, 2.75) is 38.6 Å². The number of thiophene rings is 1. The maximum Gasteiger partial charge on any atom is 0.270 e. The van der Waals surface area contributed by atoms with E-state index in [1.165, 1.54) is 37.9 Å². The lowest BCUT2D eigenvalue weighted by Gasteiger charge is -2.30. The minimum Gasteiger partial charge on any atom is -0.350 e. The Morgan fingerprint density at radius 3 is 2.87 bits per heavy atom. The zero-order valence-electron chi connectivity index (χ0n) is 17.2. The molecule has 0 radical (unpaired) electrons. The van der Waals surface area contributed by atoms with E-state index in [9.17, 15) is 9.18 Å². The van der Waals surface area contributed by atoms with Gasteiger partial charge in [0.2, 0.25) is 0 Å². The van der Waals surface area contributed by atoms with Gasteiger partial charge in [-0.1, -0.05) is 6.07 Å². The van der Waals surface area contributed by atoms with Gasteiger partial charge in [0, 0.05) is 13.0 Å². The largest absolute Gasteiger partial charge is 0.350 e. The lowest BCUT2D eigenvalue weighted by Crippen LogP contribution is -3.16. The molecule has 1 aromatic carbocycles. The van der Waals surface area contributed by atoms with E-state index in [1.807, 2.05) is 23.6 Å². The third-order valence-electron chi connectivity index (χ3n) is 5.83. The van der Waals surface area contributed by atoms with Gasteiger partial charge in [-0.2, -0.15) is 5.10 Å². The van der Waals surface area contributed by atoms with E-state index in [0.717, 1.165) is 23.5 Å². The number of nitrogens with zero attached hydrogens (tertiary/aromatic N) is 2. The van der Waals surface area contributed by atoms with Crippen molar-refractivity contribution in [1.82, 2.24) is 15.1 Å². The maximum atomic E-state index is 13.4. The molecule has 158 valence electrons. The highest BCUT2D eigenvalue weighted by Gasteiger charge is 2.22. The topological polar surface area (TPSA) is 51.4 Å². The molecule has 0 spiro atoms. The van der Waals surface area contributed by atoms with Gasteiger partial charge >= 0.3 is 0 Å². The highest BCUT2D eigenvalue weighted by Crippen LogP contribution is 2.26. The summed E-state index contributed by atoms with van der Waals surface area (Å²) in [5.74, 6) is -0.471. The molecule has 2 aromatic heterocycles. The van der Waals surface area contributed by atoms with Gasteiger partial charge in [-0.25, -0.2) is 9.07 Å². The molecule has 4 rings (SSSR count). The lowest BCUT2D eigenvalue weighted by molar-refractivity contribution is -0.928. The number of aromatic nitrogens is 2. The number of likely N-dealkylation sites (tertiary alicyclic amines) is 1. The molecule has 1 amide bonds. The van der Waals surface area contributed by atoms with Crippen LogP contribution in [0.2, 0.25) is 0 Å². The summed E-state index contributed by atoms with van der Waals surface area (Å²) in [6.07, 6.45) is 4.88. The molecule has 30 heavy (non-hydrogen) atoms. The molecule has 3 heterocycles. The van der Waals surface area contributed by atoms with Gasteiger partial charge < -0.3 is 10.2 Å². The summed E-state index contributed by atoms with van der Waals surface area (Å²) >= 11 is 1.57. The second-order valence-electron chi connectivity index (χ2n) is 7.94. The van der Waals surface area contributed by atoms with Crippen molar-refractivity contribution >= 4 is 17.2 Å². The molecular formula is C23H28FN4OS+. The van der Waals surface area contributed by atoms with Gasteiger partial charge in [-0.3, -0.25) is 4.79 Å². The number of rotatable bonds is 7. The van der Waals surface area contributed by atoms with E-state index in [2.05, 4.69) is 17.3 Å². The fraction of sp³-hybridized carbons (Fsp3) is 0.391. The van der Waals surface area contributed by atoms with Crippen LogP contribution in [0.25, 0.3) is 16.3 Å². The van der Waals surface area contributed by atoms with E-state index in [0.29, 0.717) is 24.0 Å². The second-order valence-corrected chi connectivity index (χ2v) is 8.89. The summed E-state index contributed by atoms with van der Waals surface area (Å²) in [6.45, 7) is 5.27. The van der Waals surface area contributed by atoms with Crippen molar-refractivity contribution in [1.29, 1.82) is 0 Å². The molecule has 0 aliphatic carbocycles. The number of halogens is 1. The third-order valence-corrected chi connectivity index (χ3v) is 6.72. The van der Waals surface area contributed by atoms with E-state index >= 15 is 0 Å². The zero-order valence-corrected chi connectivity index (χ0v) is 18.1. The molecule has 1 aliphatic heterocycles. The molecule has 1 unspecified atom stereocenters. The Balaban J connectivity index is 1.46. The van der Waals surface area contributed by atoms with Crippen LogP contribution in [0.3, 0.4) is 0 Å². The molecule has 0 bridgehead atoms. The number of quaternary nitrogens is 1. The Labute approximate surface area is 180 Å².